The van der Waals surface area contributed by atoms with Gasteiger partial charge < -0.3 is 11.1 Å². The molecule has 1 atom stereocenters. The number of pyridine rings is 1. The Morgan fingerprint density at radius 2 is 2.36 bits per heavy atom. The second kappa shape index (κ2) is 5.60. The van der Waals surface area contributed by atoms with Crippen LogP contribution in [0.1, 0.15) is 18.9 Å². The second-order valence-corrected chi connectivity index (χ2v) is 3.78. The van der Waals surface area contributed by atoms with Gasteiger partial charge in [-0.2, -0.15) is 0 Å². The number of anilines is 1. The fourth-order valence-electron chi connectivity index (χ4n) is 1.50. The summed E-state index contributed by atoms with van der Waals surface area (Å²) in [6, 6.07) is 1.86. The molecule has 0 aliphatic rings. The topological polar surface area (TPSA) is 50.9 Å². The van der Waals surface area contributed by atoms with E-state index in [2.05, 4.69) is 17.2 Å². The lowest BCUT2D eigenvalue weighted by atomic mass is 10.0. The van der Waals surface area contributed by atoms with Crippen molar-refractivity contribution in [3.63, 3.8) is 0 Å². The Morgan fingerprint density at radius 3 is 3.00 bits per heavy atom. The van der Waals surface area contributed by atoms with E-state index in [0.29, 0.717) is 5.92 Å². The van der Waals surface area contributed by atoms with Crippen LogP contribution in [-0.4, -0.2) is 18.6 Å². The largest absolute Gasteiger partial charge is 0.398 e. The third-order valence-electron chi connectivity index (χ3n) is 2.40. The Morgan fingerprint density at radius 1 is 1.57 bits per heavy atom. The van der Waals surface area contributed by atoms with Gasteiger partial charge in [0.05, 0.1) is 0 Å². The van der Waals surface area contributed by atoms with E-state index in [0.717, 1.165) is 30.6 Å². The number of nitrogens with zero attached hydrogens (tertiary/aromatic N) is 1. The molecule has 1 aromatic heterocycles. The first-order valence-corrected chi connectivity index (χ1v) is 5.07. The van der Waals surface area contributed by atoms with E-state index in [1.54, 1.807) is 6.20 Å². The zero-order valence-corrected chi connectivity index (χ0v) is 8.96. The van der Waals surface area contributed by atoms with Gasteiger partial charge in [-0.1, -0.05) is 6.92 Å². The number of aromatic nitrogens is 1. The van der Waals surface area contributed by atoms with Crippen LogP contribution < -0.4 is 11.1 Å². The third kappa shape index (κ3) is 3.34. The monoisotopic (exact) mass is 193 g/mol. The van der Waals surface area contributed by atoms with Gasteiger partial charge >= 0.3 is 0 Å². The highest BCUT2D eigenvalue weighted by atomic mass is 14.8. The SMILES string of the molecule is CNCC(C)CCc1cnccc1N. The molecule has 78 valence electrons. The van der Waals surface area contributed by atoms with Crippen LogP contribution in [0.4, 0.5) is 5.69 Å². The van der Waals surface area contributed by atoms with Gasteiger partial charge in [-0.3, -0.25) is 4.98 Å². The van der Waals surface area contributed by atoms with Crippen molar-refractivity contribution in [2.75, 3.05) is 19.3 Å². The van der Waals surface area contributed by atoms with Crippen LogP contribution in [0.15, 0.2) is 18.5 Å². The van der Waals surface area contributed by atoms with E-state index < -0.39 is 0 Å². The van der Waals surface area contributed by atoms with Crippen molar-refractivity contribution >= 4 is 5.69 Å². The molecular weight excluding hydrogens is 174 g/mol. The molecule has 0 fully saturated rings. The summed E-state index contributed by atoms with van der Waals surface area (Å²) < 4.78 is 0. The molecule has 1 unspecified atom stereocenters. The van der Waals surface area contributed by atoms with Crippen LogP contribution in [0.5, 0.6) is 0 Å². The third-order valence-corrected chi connectivity index (χ3v) is 2.40. The summed E-state index contributed by atoms with van der Waals surface area (Å²) in [5, 5.41) is 3.17. The van der Waals surface area contributed by atoms with Gasteiger partial charge in [0.25, 0.3) is 0 Å². The van der Waals surface area contributed by atoms with Crippen LogP contribution in [0.3, 0.4) is 0 Å². The van der Waals surface area contributed by atoms with Gasteiger partial charge in [0.2, 0.25) is 0 Å². The fraction of sp³-hybridized carbons (Fsp3) is 0.545. The molecule has 1 heterocycles. The molecule has 1 rings (SSSR count). The standard InChI is InChI=1S/C11H19N3/c1-9(7-13-2)3-4-10-8-14-6-5-11(10)12/h5-6,8-9,13H,3-4,7H2,1-2H3,(H2,12,14). The summed E-state index contributed by atoms with van der Waals surface area (Å²) in [6.45, 7) is 3.29. The number of aryl methyl sites for hydroxylation is 1. The van der Waals surface area contributed by atoms with E-state index in [-0.39, 0.29) is 0 Å². The first kappa shape index (κ1) is 11.0. The average molecular weight is 193 g/mol. The predicted molar refractivity (Wildman–Crippen MR) is 60.1 cm³/mol. The maximum atomic E-state index is 5.83. The molecule has 14 heavy (non-hydrogen) atoms. The zero-order valence-electron chi connectivity index (χ0n) is 8.96. The molecule has 1 aromatic rings. The summed E-state index contributed by atoms with van der Waals surface area (Å²) in [5.41, 5.74) is 7.85. The van der Waals surface area contributed by atoms with Gasteiger partial charge in [-0.25, -0.2) is 0 Å². The van der Waals surface area contributed by atoms with E-state index in [1.807, 2.05) is 19.3 Å². The second-order valence-electron chi connectivity index (χ2n) is 3.78. The molecule has 0 amide bonds. The minimum atomic E-state index is 0.680. The number of nitrogen functional groups attached to an aromatic ring is 1. The molecular formula is C11H19N3. The molecule has 3 heteroatoms. The smallest absolute Gasteiger partial charge is 0.0377 e. The van der Waals surface area contributed by atoms with E-state index in [1.165, 1.54) is 0 Å². The molecule has 0 aliphatic carbocycles. The van der Waals surface area contributed by atoms with Gasteiger partial charge in [0.1, 0.15) is 0 Å². The molecule has 0 aliphatic heterocycles. The lowest BCUT2D eigenvalue weighted by molar-refractivity contribution is 0.505. The molecule has 3 N–H and O–H groups in total. The van der Waals surface area contributed by atoms with E-state index in [9.17, 15) is 0 Å². The zero-order chi connectivity index (χ0) is 10.4. The van der Waals surface area contributed by atoms with E-state index >= 15 is 0 Å². The van der Waals surface area contributed by atoms with Gasteiger partial charge in [0.15, 0.2) is 0 Å². The summed E-state index contributed by atoms with van der Waals surface area (Å²) in [7, 11) is 1.98. The number of hydrogen-bond donors (Lipinski definition) is 2. The lowest BCUT2D eigenvalue weighted by Crippen LogP contribution is -2.16. The van der Waals surface area contributed by atoms with Crippen LogP contribution in [0.2, 0.25) is 0 Å². The van der Waals surface area contributed by atoms with Crippen molar-refractivity contribution in [1.82, 2.24) is 10.3 Å². The summed E-state index contributed by atoms with van der Waals surface area (Å²) in [5.74, 6) is 0.680. The average Bonchev–Trinajstić information content (AvgIpc) is 2.17. The summed E-state index contributed by atoms with van der Waals surface area (Å²) >= 11 is 0. The molecule has 0 spiro atoms. The van der Waals surface area contributed by atoms with Gasteiger partial charge in [-0.05, 0) is 44.0 Å². The van der Waals surface area contributed by atoms with Crippen LogP contribution in [0.25, 0.3) is 0 Å². The maximum Gasteiger partial charge on any atom is 0.0377 e. The Balaban J connectivity index is 2.41. The van der Waals surface area contributed by atoms with Crippen molar-refractivity contribution < 1.29 is 0 Å². The van der Waals surface area contributed by atoms with Crippen molar-refractivity contribution in [2.45, 2.75) is 19.8 Å². The summed E-state index contributed by atoms with van der Waals surface area (Å²) in [4.78, 5) is 4.07. The Labute approximate surface area is 85.7 Å². The normalized spacial score (nSPS) is 12.7. The van der Waals surface area contributed by atoms with Crippen LogP contribution >= 0.6 is 0 Å². The van der Waals surface area contributed by atoms with Gasteiger partial charge in [-0.15, -0.1) is 0 Å². The van der Waals surface area contributed by atoms with Crippen molar-refractivity contribution in [1.29, 1.82) is 0 Å². The lowest BCUT2D eigenvalue weighted by Gasteiger charge is -2.10. The van der Waals surface area contributed by atoms with Crippen molar-refractivity contribution in [3.05, 3.63) is 24.0 Å². The fourth-order valence-corrected chi connectivity index (χ4v) is 1.50. The predicted octanol–water partition coefficient (Wildman–Crippen LogP) is 1.45. The highest BCUT2D eigenvalue weighted by Gasteiger charge is 2.03. The van der Waals surface area contributed by atoms with Crippen LogP contribution in [-0.2, 0) is 6.42 Å². The molecule has 3 nitrogen and oxygen atoms in total. The highest BCUT2D eigenvalue weighted by molar-refractivity contribution is 5.44. The molecule has 0 saturated carbocycles. The number of nitrogens with two attached hydrogens (primary N) is 1. The van der Waals surface area contributed by atoms with Crippen molar-refractivity contribution in [2.24, 2.45) is 5.92 Å². The minimum Gasteiger partial charge on any atom is -0.398 e. The molecule has 0 aromatic carbocycles. The highest BCUT2D eigenvalue weighted by Crippen LogP contribution is 2.13. The molecule has 0 bridgehead atoms. The van der Waals surface area contributed by atoms with E-state index in [4.69, 9.17) is 5.73 Å². The molecule has 0 radical (unpaired) electrons. The number of hydrogen-bond acceptors (Lipinski definition) is 3. The Kier molecular flexibility index (Phi) is 4.40. The van der Waals surface area contributed by atoms with Gasteiger partial charge in [0, 0.05) is 18.1 Å². The number of nitrogens with one attached hydrogen (secondary N) is 1. The summed E-state index contributed by atoms with van der Waals surface area (Å²) in [6.07, 6.45) is 5.76. The number of rotatable bonds is 5. The molecule has 0 saturated heterocycles. The quantitative estimate of drug-likeness (QED) is 0.744. The van der Waals surface area contributed by atoms with Crippen molar-refractivity contribution in [3.8, 4) is 0 Å². The minimum absolute atomic E-state index is 0.680. The first-order chi connectivity index (χ1) is 6.74. The first-order valence-electron chi connectivity index (χ1n) is 5.07. The van der Waals surface area contributed by atoms with Crippen LogP contribution in [0, 0.1) is 5.92 Å². The maximum absolute atomic E-state index is 5.83. The Bertz CT molecular complexity index is 273. The Hall–Kier alpha value is -1.09.